The number of hydrogen-bond donors (Lipinski definition) is 1. The first-order chi connectivity index (χ1) is 13.3. The number of methoxy groups -OCH3 is 1. The average Bonchev–Trinajstić information content (AvgIpc) is 3.19. The van der Waals surface area contributed by atoms with E-state index in [1.54, 1.807) is 12.1 Å². The van der Waals surface area contributed by atoms with Gasteiger partial charge >= 0.3 is 0 Å². The molecular formula is C20H31N3O4S. The number of nitrogens with zero attached hydrogens (tertiary/aromatic N) is 2. The third-order valence-corrected chi connectivity index (χ3v) is 7.33. The molecule has 1 heterocycles. The Hall–Kier alpha value is -1.64. The Kier molecular flexibility index (Phi) is 6.62. The largest absolute Gasteiger partial charge is 0.495 e. The molecule has 156 valence electrons. The number of carbonyl (C=O) groups is 1. The van der Waals surface area contributed by atoms with Crippen molar-refractivity contribution in [2.45, 2.75) is 55.5 Å². The lowest BCUT2D eigenvalue weighted by Gasteiger charge is -2.36. The fraction of sp³-hybridized carbons (Fsp3) is 0.650. The van der Waals surface area contributed by atoms with Crippen molar-refractivity contribution >= 4 is 15.9 Å². The van der Waals surface area contributed by atoms with E-state index in [4.69, 9.17) is 4.74 Å². The highest BCUT2D eigenvalue weighted by molar-refractivity contribution is 7.89. The van der Waals surface area contributed by atoms with Crippen LogP contribution in [0.25, 0.3) is 0 Å². The lowest BCUT2D eigenvalue weighted by molar-refractivity contribution is 0.0635. The Morgan fingerprint density at radius 3 is 2.54 bits per heavy atom. The van der Waals surface area contributed by atoms with E-state index in [2.05, 4.69) is 9.62 Å². The van der Waals surface area contributed by atoms with Crippen molar-refractivity contribution in [3.63, 3.8) is 0 Å². The predicted molar refractivity (Wildman–Crippen MR) is 108 cm³/mol. The Bertz CT molecular complexity index is 804. The second-order valence-corrected chi connectivity index (χ2v) is 9.66. The molecule has 28 heavy (non-hydrogen) atoms. The van der Waals surface area contributed by atoms with Gasteiger partial charge in [-0.25, -0.2) is 13.1 Å². The van der Waals surface area contributed by atoms with E-state index in [1.165, 1.54) is 13.2 Å². The van der Waals surface area contributed by atoms with Crippen LogP contribution in [0.15, 0.2) is 23.1 Å². The molecule has 2 fully saturated rings. The number of sulfonamides is 1. The van der Waals surface area contributed by atoms with Crippen LogP contribution in [0.1, 0.15) is 48.9 Å². The van der Waals surface area contributed by atoms with Crippen molar-refractivity contribution < 1.29 is 17.9 Å². The molecule has 1 saturated heterocycles. The molecule has 3 rings (SSSR count). The minimum Gasteiger partial charge on any atom is -0.495 e. The zero-order chi connectivity index (χ0) is 20.3. The molecule has 1 atom stereocenters. The zero-order valence-corrected chi connectivity index (χ0v) is 17.8. The number of ether oxygens (including phenoxy) is 1. The van der Waals surface area contributed by atoms with E-state index in [-0.39, 0.29) is 22.6 Å². The quantitative estimate of drug-likeness (QED) is 0.778. The molecule has 0 bridgehead atoms. The number of hydrogen-bond acceptors (Lipinski definition) is 5. The molecule has 2 aliphatic rings. The molecule has 1 unspecified atom stereocenters. The fourth-order valence-electron chi connectivity index (χ4n) is 4.09. The molecule has 0 radical (unpaired) electrons. The van der Waals surface area contributed by atoms with E-state index in [0.717, 1.165) is 38.5 Å². The van der Waals surface area contributed by atoms with Crippen LogP contribution in [-0.2, 0) is 10.0 Å². The molecule has 1 saturated carbocycles. The average molecular weight is 410 g/mol. The van der Waals surface area contributed by atoms with Crippen LogP contribution in [0.4, 0.5) is 0 Å². The van der Waals surface area contributed by atoms with Gasteiger partial charge in [-0.05, 0) is 58.0 Å². The molecule has 0 spiro atoms. The summed E-state index contributed by atoms with van der Waals surface area (Å²) in [5.74, 6) is 0.123. The number of nitrogens with one attached hydrogen (secondary N) is 1. The highest BCUT2D eigenvalue weighted by atomic mass is 32.2. The Morgan fingerprint density at radius 2 is 1.89 bits per heavy atom. The number of carbonyl (C=O) groups excluding carboxylic acids is 1. The molecule has 1 aliphatic heterocycles. The molecule has 0 aromatic heterocycles. The Labute approximate surface area is 168 Å². The third-order valence-electron chi connectivity index (χ3n) is 5.79. The van der Waals surface area contributed by atoms with E-state index in [1.807, 2.05) is 19.0 Å². The number of benzene rings is 1. The van der Waals surface area contributed by atoms with Crippen molar-refractivity contribution in [3.05, 3.63) is 23.8 Å². The monoisotopic (exact) mass is 409 g/mol. The maximum absolute atomic E-state index is 13.0. The number of likely N-dealkylation sites (tertiary alicyclic amines) is 1. The molecule has 1 aliphatic carbocycles. The fourth-order valence-corrected chi connectivity index (χ4v) is 5.59. The van der Waals surface area contributed by atoms with Gasteiger partial charge in [-0.1, -0.05) is 12.8 Å². The van der Waals surface area contributed by atoms with Crippen LogP contribution in [0, 0.1) is 0 Å². The van der Waals surface area contributed by atoms with Gasteiger partial charge in [0.15, 0.2) is 0 Å². The van der Waals surface area contributed by atoms with Crippen LogP contribution in [-0.4, -0.2) is 70.5 Å². The van der Waals surface area contributed by atoms with Gasteiger partial charge in [0.2, 0.25) is 10.0 Å². The second-order valence-electron chi connectivity index (χ2n) is 7.98. The van der Waals surface area contributed by atoms with Crippen molar-refractivity contribution in [1.29, 1.82) is 0 Å². The Balaban J connectivity index is 1.84. The normalized spacial score (nSPS) is 21.3. The first-order valence-corrected chi connectivity index (χ1v) is 11.5. The van der Waals surface area contributed by atoms with Gasteiger partial charge in [0.05, 0.1) is 7.11 Å². The van der Waals surface area contributed by atoms with Crippen LogP contribution < -0.4 is 9.46 Å². The van der Waals surface area contributed by atoms with Crippen LogP contribution >= 0.6 is 0 Å². The summed E-state index contributed by atoms with van der Waals surface area (Å²) in [5.41, 5.74) is 0.381. The molecule has 1 N–H and O–H groups in total. The van der Waals surface area contributed by atoms with Crippen LogP contribution in [0.5, 0.6) is 5.75 Å². The number of likely N-dealkylation sites (N-methyl/N-ethyl adjacent to an activating group) is 1. The maximum Gasteiger partial charge on any atom is 0.253 e. The standard InChI is InChI=1S/C20H31N3O4S/c1-22(2)17-9-6-12-23(14-17)20(24)15-10-11-18(27-3)19(13-15)28(25,26)21-16-7-4-5-8-16/h10-11,13,16-17,21H,4-9,12,14H2,1-3H3. The van der Waals surface area contributed by atoms with E-state index in [9.17, 15) is 13.2 Å². The molecular weight excluding hydrogens is 378 g/mol. The molecule has 7 nitrogen and oxygen atoms in total. The highest BCUT2D eigenvalue weighted by Crippen LogP contribution is 2.28. The first-order valence-electron chi connectivity index (χ1n) is 9.98. The summed E-state index contributed by atoms with van der Waals surface area (Å²) in [7, 11) is 1.73. The lowest BCUT2D eigenvalue weighted by atomic mass is 10.0. The molecule has 8 heteroatoms. The van der Waals surface area contributed by atoms with Crippen molar-refractivity contribution in [2.24, 2.45) is 0 Å². The summed E-state index contributed by atoms with van der Waals surface area (Å²) < 4.78 is 33.9. The van der Waals surface area contributed by atoms with Crippen LogP contribution in [0.3, 0.4) is 0 Å². The summed E-state index contributed by atoms with van der Waals surface area (Å²) >= 11 is 0. The summed E-state index contributed by atoms with van der Waals surface area (Å²) in [4.78, 5) is 17.0. The highest BCUT2D eigenvalue weighted by Gasteiger charge is 2.29. The summed E-state index contributed by atoms with van der Waals surface area (Å²) in [6.07, 6.45) is 5.76. The lowest BCUT2D eigenvalue weighted by Crippen LogP contribution is -2.47. The smallest absolute Gasteiger partial charge is 0.253 e. The summed E-state index contributed by atoms with van der Waals surface area (Å²) in [6, 6.07) is 4.96. The first kappa shape index (κ1) is 21.1. The van der Waals surface area contributed by atoms with E-state index >= 15 is 0 Å². The molecule has 1 aromatic carbocycles. The SMILES string of the molecule is COc1ccc(C(=O)N2CCCC(N(C)C)C2)cc1S(=O)(=O)NC1CCCC1. The van der Waals surface area contributed by atoms with Gasteiger partial charge in [-0.2, -0.15) is 0 Å². The Morgan fingerprint density at radius 1 is 1.18 bits per heavy atom. The van der Waals surface area contributed by atoms with Crippen molar-refractivity contribution in [3.8, 4) is 5.75 Å². The number of rotatable bonds is 6. The van der Waals surface area contributed by atoms with Gasteiger partial charge in [0, 0.05) is 30.7 Å². The van der Waals surface area contributed by atoms with Gasteiger partial charge in [-0.15, -0.1) is 0 Å². The van der Waals surface area contributed by atoms with Crippen molar-refractivity contribution in [1.82, 2.24) is 14.5 Å². The van der Waals surface area contributed by atoms with Gasteiger partial charge in [0.25, 0.3) is 5.91 Å². The predicted octanol–water partition coefficient (Wildman–Crippen LogP) is 2.08. The van der Waals surface area contributed by atoms with Crippen LogP contribution in [0.2, 0.25) is 0 Å². The minimum absolute atomic E-state index is 0.0360. The molecule has 1 amide bonds. The summed E-state index contributed by atoms with van der Waals surface area (Å²) in [6.45, 7) is 1.35. The topological polar surface area (TPSA) is 79.0 Å². The van der Waals surface area contributed by atoms with E-state index in [0.29, 0.717) is 24.7 Å². The maximum atomic E-state index is 13.0. The minimum atomic E-state index is -3.75. The molecule has 1 aromatic rings. The van der Waals surface area contributed by atoms with Crippen molar-refractivity contribution in [2.75, 3.05) is 34.3 Å². The van der Waals surface area contributed by atoms with E-state index < -0.39 is 10.0 Å². The van der Waals surface area contributed by atoms with Gasteiger partial charge in [-0.3, -0.25) is 4.79 Å². The second kappa shape index (κ2) is 8.80. The third kappa shape index (κ3) is 4.67. The zero-order valence-electron chi connectivity index (χ0n) is 17.0. The summed E-state index contributed by atoms with van der Waals surface area (Å²) in [5, 5.41) is 0. The van der Waals surface area contributed by atoms with Gasteiger partial charge < -0.3 is 14.5 Å². The number of amides is 1. The van der Waals surface area contributed by atoms with Gasteiger partial charge in [0.1, 0.15) is 10.6 Å². The number of piperidine rings is 1.